The Morgan fingerprint density at radius 1 is 1.53 bits per heavy atom. The Morgan fingerprint density at radius 3 is 2.82 bits per heavy atom. The second-order valence-corrected chi connectivity index (χ2v) is 2.84. The molecule has 1 heterocycles. The van der Waals surface area contributed by atoms with E-state index in [-0.39, 0.29) is 12.4 Å². The molecule has 1 aromatic heterocycles. The summed E-state index contributed by atoms with van der Waals surface area (Å²) in [6.07, 6.45) is 1.47. The molecule has 0 radical (unpaired) electrons. The molecule has 0 aliphatic carbocycles. The first-order valence-electron chi connectivity index (χ1n) is 4.80. The highest BCUT2D eigenvalue weighted by Gasteiger charge is 2.22. The molecule has 0 bridgehead atoms. The van der Waals surface area contributed by atoms with Crippen LogP contribution in [0.25, 0.3) is 0 Å². The number of nitrogens with zero attached hydrogens (tertiary/aromatic N) is 2. The Labute approximate surface area is 97.1 Å². The van der Waals surface area contributed by atoms with Crippen molar-refractivity contribution in [1.82, 2.24) is 4.98 Å². The van der Waals surface area contributed by atoms with E-state index >= 15 is 0 Å². The van der Waals surface area contributed by atoms with E-state index in [9.17, 15) is 9.59 Å². The van der Waals surface area contributed by atoms with E-state index in [1.165, 1.54) is 12.3 Å². The summed E-state index contributed by atoms with van der Waals surface area (Å²) >= 11 is 0. The molecule has 0 aliphatic rings. The SMILES string of the molecule is CCOC(=O)/C(=N\O)C(=O)Nc1ccccn1. The molecule has 0 spiro atoms. The smallest absolute Gasteiger partial charge is 0.366 e. The summed E-state index contributed by atoms with van der Waals surface area (Å²) in [5, 5.41) is 13.5. The summed E-state index contributed by atoms with van der Waals surface area (Å²) in [6.45, 7) is 1.65. The van der Waals surface area contributed by atoms with Gasteiger partial charge >= 0.3 is 5.97 Å². The van der Waals surface area contributed by atoms with E-state index in [1.807, 2.05) is 0 Å². The van der Waals surface area contributed by atoms with Crippen LogP contribution in [0.2, 0.25) is 0 Å². The van der Waals surface area contributed by atoms with Crippen molar-refractivity contribution in [1.29, 1.82) is 0 Å². The van der Waals surface area contributed by atoms with Crippen molar-refractivity contribution < 1.29 is 19.5 Å². The zero-order valence-corrected chi connectivity index (χ0v) is 9.08. The number of carbonyl (C=O) groups is 2. The highest BCUT2D eigenvalue weighted by atomic mass is 16.5. The first kappa shape index (κ1) is 12.6. The van der Waals surface area contributed by atoms with Crippen molar-refractivity contribution in [3.8, 4) is 0 Å². The Kier molecular flexibility index (Phi) is 4.61. The minimum atomic E-state index is -0.997. The maximum absolute atomic E-state index is 11.5. The fourth-order valence-electron chi connectivity index (χ4n) is 0.991. The molecule has 0 unspecified atom stereocenters. The summed E-state index contributed by atoms with van der Waals surface area (Å²) in [4.78, 5) is 26.5. The second kappa shape index (κ2) is 6.21. The fraction of sp³-hybridized carbons (Fsp3) is 0.200. The van der Waals surface area contributed by atoms with Gasteiger partial charge in [-0.25, -0.2) is 9.78 Å². The molecule has 7 heteroatoms. The number of carbonyl (C=O) groups excluding carboxylic acids is 2. The van der Waals surface area contributed by atoms with Gasteiger partial charge in [0.25, 0.3) is 11.6 Å². The first-order valence-corrected chi connectivity index (χ1v) is 4.80. The standard InChI is InChI=1S/C10H11N3O4/c1-2-17-10(15)8(13-16)9(14)12-7-5-3-4-6-11-7/h3-6,16H,2H2,1H3,(H,11,12,14)/b13-8-. The van der Waals surface area contributed by atoms with Gasteiger partial charge in [0.1, 0.15) is 5.82 Å². The Hall–Kier alpha value is -2.44. The lowest BCUT2D eigenvalue weighted by molar-refractivity contribution is -0.135. The summed E-state index contributed by atoms with van der Waals surface area (Å²) in [6, 6.07) is 4.85. The van der Waals surface area contributed by atoms with Gasteiger partial charge in [-0.1, -0.05) is 11.2 Å². The summed E-state index contributed by atoms with van der Waals surface area (Å²) in [5.74, 6) is -1.64. The average molecular weight is 237 g/mol. The summed E-state index contributed by atoms with van der Waals surface area (Å²) < 4.78 is 4.54. The number of ether oxygens (including phenoxy) is 1. The summed E-state index contributed by atoms with van der Waals surface area (Å²) in [7, 11) is 0. The van der Waals surface area contributed by atoms with Crippen molar-refractivity contribution in [2.24, 2.45) is 5.16 Å². The van der Waals surface area contributed by atoms with Crippen molar-refractivity contribution in [2.45, 2.75) is 6.92 Å². The number of nitrogens with one attached hydrogen (secondary N) is 1. The third-order valence-electron chi connectivity index (χ3n) is 1.69. The third-order valence-corrected chi connectivity index (χ3v) is 1.69. The molecule has 1 rings (SSSR count). The fourth-order valence-corrected chi connectivity index (χ4v) is 0.991. The largest absolute Gasteiger partial charge is 0.461 e. The number of anilines is 1. The lowest BCUT2D eigenvalue weighted by Crippen LogP contribution is -2.31. The van der Waals surface area contributed by atoms with Crippen molar-refractivity contribution in [3.05, 3.63) is 24.4 Å². The van der Waals surface area contributed by atoms with Crippen LogP contribution in [0.5, 0.6) is 0 Å². The predicted molar refractivity (Wildman–Crippen MR) is 58.7 cm³/mol. The number of pyridine rings is 1. The van der Waals surface area contributed by atoms with Gasteiger partial charge in [-0.2, -0.15) is 0 Å². The number of hydrogen-bond donors (Lipinski definition) is 2. The lowest BCUT2D eigenvalue weighted by atomic mass is 10.3. The van der Waals surface area contributed by atoms with Gasteiger partial charge in [0, 0.05) is 6.20 Å². The number of aromatic nitrogens is 1. The molecule has 0 fully saturated rings. The molecule has 0 aromatic carbocycles. The first-order chi connectivity index (χ1) is 8.19. The van der Waals surface area contributed by atoms with Gasteiger partial charge in [-0.05, 0) is 19.1 Å². The van der Waals surface area contributed by atoms with Crippen LogP contribution in [-0.4, -0.2) is 34.4 Å². The van der Waals surface area contributed by atoms with Gasteiger partial charge in [0.15, 0.2) is 0 Å². The summed E-state index contributed by atoms with van der Waals surface area (Å²) in [5.41, 5.74) is -0.725. The van der Waals surface area contributed by atoms with Crippen LogP contribution >= 0.6 is 0 Å². The molecule has 17 heavy (non-hydrogen) atoms. The van der Waals surface area contributed by atoms with Gasteiger partial charge in [0.2, 0.25) is 0 Å². The second-order valence-electron chi connectivity index (χ2n) is 2.84. The molecule has 90 valence electrons. The maximum atomic E-state index is 11.5. The van der Waals surface area contributed by atoms with E-state index in [0.717, 1.165) is 0 Å². The van der Waals surface area contributed by atoms with Gasteiger partial charge in [0.05, 0.1) is 6.61 Å². The Bertz CT molecular complexity index is 430. The number of esters is 1. The number of amides is 1. The minimum Gasteiger partial charge on any atom is -0.461 e. The van der Waals surface area contributed by atoms with Gasteiger partial charge in [-0.3, -0.25) is 4.79 Å². The Balaban J connectivity index is 2.72. The van der Waals surface area contributed by atoms with Gasteiger partial charge < -0.3 is 15.3 Å². The maximum Gasteiger partial charge on any atom is 0.366 e. The monoisotopic (exact) mass is 237 g/mol. The normalized spacial score (nSPS) is 10.8. The van der Waals surface area contributed by atoms with Crippen LogP contribution in [0.3, 0.4) is 0 Å². The molecule has 0 atom stereocenters. The van der Waals surface area contributed by atoms with Crippen molar-refractivity contribution in [2.75, 3.05) is 11.9 Å². The van der Waals surface area contributed by atoms with E-state index in [2.05, 4.69) is 20.2 Å². The van der Waals surface area contributed by atoms with Crippen LogP contribution in [-0.2, 0) is 14.3 Å². The van der Waals surface area contributed by atoms with Crippen LogP contribution in [0.1, 0.15) is 6.92 Å². The van der Waals surface area contributed by atoms with E-state index in [4.69, 9.17) is 5.21 Å². The molecule has 7 nitrogen and oxygen atoms in total. The van der Waals surface area contributed by atoms with Crippen LogP contribution in [0, 0.1) is 0 Å². The highest BCUT2D eigenvalue weighted by molar-refractivity contribution is 6.65. The molecular formula is C10H11N3O4. The minimum absolute atomic E-state index is 0.0781. The average Bonchev–Trinajstić information content (AvgIpc) is 2.31. The van der Waals surface area contributed by atoms with Gasteiger partial charge in [-0.15, -0.1) is 0 Å². The van der Waals surface area contributed by atoms with Crippen molar-refractivity contribution in [3.63, 3.8) is 0 Å². The zero-order valence-electron chi connectivity index (χ0n) is 9.08. The molecule has 0 aliphatic heterocycles. The zero-order chi connectivity index (χ0) is 12.7. The molecule has 1 aromatic rings. The number of oxime groups is 1. The van der Waals surface area contributed by atoms with Crippen LogP contribution in [0.4, 0.5) is 5.82 Å². The molecule has 2 N–H and O–H groups in total. The molecular weight excluding hydrogens is 226 g/mol. The topological polar surface area (TPSA) is 101 Å². The number of hydrogen-bond acceptors (Lipinski definition) is 6. The Morgan fingerprint density at radius 2 is 2.29 bits per heavy atom. The quantitative estimate of drug-likeness (QED) is 0.260. The molecule has 0 saturated heterocycles. The molecule has 1 amide bonds. The van der Waals surface area contributed by atoms with Crippen LogP contribution in [0.15, 0.2) is 29.6 Å². The van der Waals surface area contributed by atoms with E-state index in [1.54, 1.807) is 19.1 Å². The third kappa shape index (κ3) is 3.56. The van der Waals surface area contributed by atoms with E-state index < -0.39 is 17.6 Å². The molecule has 0 saturated carbocycles. The van der Waals surface area contributed by atoms with Crippen molar-refractivity contribution >= 4 is 23.4 Å². The lowest BCUT2D eigenvalue weighted by Gasteiger charge is -2.04. The highest BCUT2D eigenvalue weighted by Crippen LogP contribution is 2.00. The van der Waals surface area contributed by atoms with E-state index in [0.29, 0.717) is 0 Å². The predicted octanol–water partition coefficient (Wildman–Crippen LogP) is 0.413. The van der Waals surface area contributed by atoms with Crippen LogP contribution < -0.4 is 5.32 Å². The number of rotatable bonds is 4.